The average molecular weight is 322 g/mol. The normalized spacial score (nSPS) is 12.7. The molecule has 0 bridgehead atoms. The zero-order valence-electron chi connectivity index (χ0n) is 12.7. The molecule has 6 heteroatoms. The van der Waals surface area contributed by atoms with Crippen LogP contribution < -0.4 is 15.2 Å². The van der Waals surface area contributed by atoms with Gasteiger partial charge in [-0.25, -0.2) is 8.42 Å². The number of sulfone groups is 1. The molecule has 22 heavy (non-hydrogen) atoms. The summed E-state index contributed by atoms with van der Waals surface area (Å²) in [6.45, 7) is 0.238. The molecule has 0 saturated heterocycles. The molecule has 0 spiro atoms. The summed E-state index contributed by atoms with van der Waals surface area (Å²) in [5.41, 5.74) is 4.47. The molecule has 0 saturated carbocycles. The Balaban J connectivity index is 2.43. The van der Waals surface area contributed by atoms with Crippen LogP contribution in [0.15, 0.2) is 53.4 Å². The van der Waals surface area contributed by atoms with E-state index >= 15 is 0 Å². The maximum absolute atomic E-state index is 12.8. The van der Waals surface area contributed by atoms with Gasteiger partial charge < -0.3 is 15.2 Å². The van der Waals surface area contributed by atoms with E-state index in [0.29, 0.717) is 17.1 Å². The second-order valence-corrected chi connectivity index (χ2v) is 6.90. The molecule has 0 amide bonds. The van der Waals surface area contributed by atoms with E-state index in [-0.39, 0.29) is 11.4 Å². The van der Waals surface area contributed by atoms with Crippen molar-refractivity contribution < 1.29 is 23.6 Å². The van der Waals surface area contributed by atoms with Crippen LogP contribution in [0.3, 0.4) is 0 Å². The molecule has 0 aliphatic heterocycles. The Hall–Kier alpha value is -2.05. The minimum atomic E-state index is -3.53. The highest BCUT2D eigenvalue weighted by atomic mass is 32.2. The fourth-order valence-corrected chi connectivity index (χ4v) is 3.93. The first-order valence-electron chi connectivity index (χ1n) is 6.84. The van der Waals surface area contributed by atoms with Crippen LogP contribution in [0.4, 0.5) is 0 Å². The SMILES string of the molecule is COc1ccc(S(=O)(=O)[C@H](C[NH3+])c2cccc(OC)c2)cc1. The maximum Gasteiger partial charge on any atom is 0.190 e. The Morgan fingerprint density at radius 3 is 2.18 bits per heavy atom. The average Bonchev–Trinajstić information content (AvgIpc) is 2.55. The summed E-state index contributed by atoms with van der Waals surface area (Å²) >= 11 is 0. The van der Waals surface area contributed by atoms with Crippen molar-refractivity contribution in [2.24, 2.45) is 0 Å². The molecule has 3 N–H and O–H groups in total. The van der Waals surface area contributed by atoms with Gasteiger partial charge in [0.1, 0.15) is 16.7 Å². The number of quaternary nitrogens is 1. The smallest absolute Gasteiger partial charge is 0.190 e. The molecular formula is C16H20NO4S+. The molecule has 0 unspecified atom stereocenters. The molecule has 2 aromatic rings. The van der Waals surface area contributed by atoms with Crippen LogP contribution >= 0.6 is 0 Å². The summed E-state index contributed by atoms with van der Waals surface area (Å²) in [4.78, 5) is 0.254. The summed E-state index contributed by atoms with van der Waals surface area (Å²) in [6.07, 6.45) is 0. The molecule has 0 radical (unpaired) electrons. The zero-order chi connectivity index (χ0) is 16.2. The van der Waals surface area contributed by atoms with E-state index in [1.54, 1.807) is 62.8 Å². The molecule has 0 aromatic heterocycles. The molecule has 2 aromatic carbocycles. The highest BCUT2D eigenvalue weighted by molar-refractivity contribution is 7.91. The highest BCUT2D eigenvalue weighted by Crippen LogP contribution is 2.30. The third-order valence-corrected chi connectivity index (χ3v) is 5.68. The van der Waals surface area contributed by atoms with Crippen LogP contribution in [0.2, 0.25) is 0 Å². The summed E-state index contributed by atoms with van der Waals surface area (Å²) < 4.78 is 35.9. The van der Waals surface area contributed by atoms with Gasteiger partial charge in [0.15, 0.2) is 9.84 Å². The van der Waals surface area contributed by atoms with Gasteiger partial charge in [0, 0.05) is 0 Å². The second kappa shape index (κ2) is 6.81. The van der Waals surface area contributed by atoms with Gasteiger partial charge >= 0.3 is 0 Å². The van der Waals surface area contributed by atoms with Gasteiger partial charge in [-0.1, -0.05) is 12.1 Å². The van der Waals surface area contributed by atoms with Crippen molar-refractivity contribution in [3.63, 3.8) is 0 Å². The van der Waals surface area contributed by atoms with Crippen LogP contribution in [0, 0.1) is 0 Å². The third kappa shape index (κ3) is 3.23. The lowest BCUT2D eigenvalue weighted by Gasteiger charge is -2.16. The van der Waals surface area contributed by atoms with Crippen molar-refractivity contribution in [1.82, 2.24) is 0 Å². The van der Waals surface area contributed by atoms with Gasteiger partial charge in [-0.15, -0.1) is 0 Å². The second-order valence-electron chi connectivity index (χ2n) is 4.77. The number of ether oxygens (including phenoxy) is 2. The van der Waals surface area contributed by atoms with Gasteiger partial charge in [0.2, 0.25) is 0 Å². The lowest BCUT2D eigenvalue weighted by molar-refractivity contribution is -0.367. The Morgan fingerprint density at radius 2 is 1.64 bits per heavy atom. The molecule has 5 nitrogen and oxygen atoms in total. The molecule has 0 aliphatic rings. The van der Waals surface area contributed by atoms with E-state index in [1.807, 2.05) is 0 Å². The molecule has 0 aliphatic carbocycles. The molecule has 2 rings (SSSR count). The van der Waals surface area contributed by atoms with Gasteiger partial charge in [0.25, 0.3) is 0 Å². The largest absolute Gasteiger partial charge is 0.497 e. The Kier molecular flexibility index (Phi) is 5.05. The van der Waals surface area contributed by atoms with E-state index < -0.39 is 15.1 Å². The standard InChI is InChI=1S/C16H19NO4S/c1-20-13-6-8-15(9-7-13)22(18,19)16(11-17)12-4-3-5-14(10-12)21-2/h3-10,16H,11,17H2,1-2H3/p+1/t16-/m1/s1. The monoisotopic (exact) mass is 322 g/mol. The van der Waals surface area contributed by atoms with Crippen molar-refractivity contribution in [1.29, 1.82) is 0 Å². The van der Waals surface area contributed by atoms with Gasteiger partial charge in [-0.05, 0) is 42.0 Å². The minimum absolute atomic E-state index is 0.238. The van der Waals surface area contributed by atoms with E-state index in [9.17, 15) is 8.42 Å². The summed E-state index contributed by atoms with van der Waals surface area (Å²) in [6, 6.07) is 13.4. The third-order valence-electron chi connectivity index (χ3n) is 3.49. The molecule has 1 atom stereocenters. The topological polar surface area (TPSA) is 80.2 Å². The minimum Gasteiger partial charge on any atom is -0.497 e. The van der Waals surface area contributed by atoms with Crippen molar-refractivity contribution in [3.05, 3.63) is 54.1 Å². The first-order valence-corrected chi connectivity index (χ1v) is 8.38. The molecule has 0 fully saturated rings. The quantitative estimate of drug-likeness (QED) is 0.873. The van der Waals surface area contributed by atoms with Crippen LogP contribution in [-0.4, -0.2) is 29.2 Å². The number of methoxy groups -OCH3 is 2. The predicted octanol–water partition coefficient (Wildman–Crippen LogP) is 1.46. The number of rotatable bonds is 6. The van der Waals surface area contributed by atoms with E-state index in [0.717, 1.165) is 0 Å². The van der Waals surface area contributed by atoms with Crippen molar-refractivity contribution in [2.45, 2.75) is 10.1 Å². The first kappa shape index (κ1) is 16.3. The van der Waals surface area contributed by atoms with Crippen molar-refractivity contribution >= 4 is 9.84 Å². The van der Waals surface area contributed by atoms with Gasteiger partial charge in [0.05, 0.1) is 25.7 Å². The fraction of sp³-hybridized carbons (Fsp3) is 0.250. The summed E-state index contributed by atoms with van der Waals surface area (Å²) in [7, 11) is -0.436. The maximum atomic E-state index is 12.8. The molecule has 0 heterocycles. The predicted molar refractivity (Wildman–Crippen MR) is 83.7 cm³/mol. The Bertz CT molecular complexity index is 726. The van der Waals surface area contributed by atoms with Crippen molar-refractivity contribution in [3.8, 4) is 11.5 Å². The zero-order valence-corrected chi connectivity index (χ0v) is 13.5. The fourth-order valence-electron chi connectivity index (χ4n) is 2.27. The van der Waals surface area contributed by atoms with Gasteiger partial charge in [-0.3, -0.25) is 0 Å². The summed E-state index contributed by atoms with van der Waals surface area (Å²) in [5.74, 6) is 1.24. The van der Waals surface area contributed by atoms with Crippen LogP contribution in [-0.2, 0) is 9.84 Å². The van der Waals surface area contributed by atoms with Crippen LogP contribution in [0.5, 0.6) is 11.5 Å². The van der Waals surface area contributed by atoms with E-state index in [1.165, 1.54) is 0 Å². The Labute approximate surface area is 130 Å². The first-order chi connectivity index (χ1) is 10.5. The number of hydrogen-bond donors (Lipinski definition) is 1. The highest BCUT2D eigenvalue weighted by Gasteiger charge is 2.30. The van der Waals surface area contributed by atoms with E-state index in [4.69, 9.17) is 9.47 Å². The number of hydrogen-bond acceptors (Lipinski definition) is 4. The van der Waals surface area contributed by atoms with E-state index in [2.05, 4.69) is 5.73 Å². The molecular weight excluding hydrogens is 302 g/mol. The Morgan fingerprint density at radius 1 is 1.00 bits per heavy atom. The van der Waals surface area contributed by atoms with Crippen LogP contribution in [0.25, 0.3) is 0 Å². The van der Waals surface area contributed by atoms with Crippen LogP contribution in [0.1, 0.15) is 10.8 Å². The number of benzene rings is 2. The van der Waals surface area contributed by atoms with Gasteiger partial charge in [-0.2, -0.15) is 0 Å². The lowest BCUT2D eigenvalue weighted by Crippen LogP contribution is -2.54. The summed E-state index contributed by atoms with van der Waals surface area (Å²) in [5, 5.41) is -0.712. The molecule has 118 valence electrons. The van der Waals surface area contributed by atoms with Crippen molar-refractivity contribution in [2.75, 3.05) is 20.8 Å². The lowest BCUT2D eigenvalue weighted by atomic mass is 10.1.